The first-order valence-corrected chi connectivity index (χ1v) is 13.3. The Balaban J connectivity index is 1.40. The number of nitrogens with one attached hydrogen (secondary N) is 2. The maximum atomic E-state index is 13.9. The lowest BCUT2D eigenvalue weighted by molar-refractivity contribution is -0.183. The summed E-state index contributed by atoms with van der Waals surface area (Å²) in [5.74, 6) is -6.61. The first-order valence-electron chi connectivity index (χ1n) is 13.3. The molecule has 0 radical (unpaired) electrons. The number of rotatable bonds is 6. The fourth-order valence-corrected chi connectivity index (χ4v) is 5.67. The highest BCUT2D eigenvalue weighted by molar-refractivity contribution is 5.93. The number of hydrogen-bond donors (Lipinski definition) is 2. The Kier molecular flexibility index (Phi) is 7.48. The zero-order chi connectivity index (χ0) is 29.5. The third-order valence-corrected chi connectivity index (χ3v) is 8.08. The summed E-state index contributed by atoms with van der Waals surface area (Å²) in [4.78, 5) is 30.1. The Hall–Kier alpha value is -4.02. The van der Waals surface area contributed by atoms with Gasteiger partial charge in [-0.25, -0.2) is 18.3 Å². The van der Waals surface area contributed by atoms with Crippen LogP contribution in [0.2, 0.25) is 0 Å². The fourth-order valence-electron chi connectivity index (χ4n) is 5.67. The van der Waals surface area contributed by atoms with Crippen LogP contribution in [0, 0.1) is 29.1 Å². The van der Waals surface area contributed by atoms with E-state index in [4.69, 9.17) is 0 Å². The van der Waals surface area contributed by atoms with Gasteiger partial charge in [0.2, 0.25) is 11.8 Å². The van der Waals surface area contributed by atoms with Crippen LogP contribution in [0.3, 0.4) is 0 Å². The molecule has 41 heavy (non-hydrogen) atoms. The molecule has 3 aromatic rings. The number of alkyl halides is 5. The van der Waals surface area contributed by atoms with Gasteiger partial charge in [-0.05, 0) is 49.4 Å². The highest BCUT2D eigenvalue weighted by Crippen LogP contribution is 2.41. The smallest absolute Gasteiger partial charge is 0.355 e. The minimum absolute atomic E-state index is 0.00550. The Morgan fingerprint density at radius 3 is 2.63 bits per heavy atom. The number of piperidine rings is 1. The Labute approximate surface area is 231 Å². The van der Waals surface area contributed by atoms with Crippen LogP contribution in [0.5, 0.6) is 0 Å². The van der Waals surface area contributed by atoms with Gasteiger partial charge in [0, 0.05) is 38.8 Å². The molecule has 14 heteroatoms. The second-order valence-electron chi connectivity index (χ2n) is 10.8. The average Bonchev–Trinajstić information content (AvgIpc) is 3.50. The molecule has 2 unspecified atom stereocenters. The molecule has 1 aliphatic carbocycles. The first-order chi connectivity index (χ1) is 19.3. The molecule has 2 fully saturated rings. The molecule has 3 aromatic heterocycles. The number of nitriles is 1. The van der Waals surface area contributed by atoms with Crippen molar-refractivity contribution >= 4 is 17.5 Å². The monoisotopic (exact) mass is 577 g/mol. The summed E-state index contributed by atoms with van der Waals surface area (Å²) >= 11 is 0. The number of carbonyl (C=O) groups is 2. The van der Waals surface area contributed by atoms with Gasteiger partial charge in [-0.3, -0.25) is 9.59 Å². The number of hydrogen-bond acceptors (Lipinski definition) is 5. The maximum Gasteiger partial charge on any atom is 0.393 e. The van der Waals surface area contributed by atoms with E-state index in [1.54, 1.807) is 25.4 Å². The lowest BCUT2D eigenvalue weighted by atomic mass is 9.81. The van der Waals surface area contributed by atoms with Crippen molar-refractivity contribution in [3.63, 3.8) is 0 Å². The van der Waals surface area contributed by atoms with Gasteiger partial charge in [-0.15, -0.1) is 0 Å². The van der Waals surface area contributed by atoms with E-state index in [0.29, 0.717) is 17.0 Å². The molecule has 0 aromatic carbocycles. The van der Waals surface area contributed by atoms with Crippen molar-refractivity contribution in [2.75, 3.05) is 6.54 Å². The number of fused-ring (bicyclic) bond motifs is 1. The number of carbonyl (C=O) groups excluding carboxylic acids is 2. The fraction of sp³-hybridized carbons (Fsp3) is 0.519. The van der Waals surface area contributed by atoms with Gasteiger partial charge in [0.15, 0.2) is 5.65 Å². The van der Waals surface area contributed by atoms with Crippen LogP contribution < -0.4 is 10.6 Å². The van der Waals surface area contributed by atoms with E-state index in [2.05, 4.69) is 20.7 Å². The van der Waals surface area contributed by atoms with Crippen molar-refractivity contribution in [1.82, 2.24) is 29.8 Å². The SMILES string of the molecule is Cn1c(C#N)ccc1C(=O)NC(c1cn2nc(CC3C[C@@H](C(F)(F)F)CNC3=O)ccc2n1)C1CCC(F)(F)CC1. The van der Waals surface area contributed by atoms with E-state index in [1.165, 1.54) is 21.2 Å². The van der Waals surface area contributed by atoms with E-state index in [-0.39, 0.29) is 55.8 Å². The molecule has 4 heterocycles. The van der Waals surface area contributed by atoms with Crippen molar-refractivity contribution < 1.29 is 31.5 Å². The van der Waals surface area contributed by atoms with Crippen LogP contribution in [-0.2, 0) is 18.3 Å². The molecule has 218 valence electrons. The quantitative estimate of drug-likeness (QED) is 0.428. The Morgan fingerprint density at radius 2 is 1.98 bits per heavy atom. The molecule has 0 spiro atoms. The lowest BCUT2D eigenvalue weighted by Crippen LogP contribution is -2.47. The minimum atomic E-state index is -4.42. The van der Waals surface area contributed by atoms with Gasteiger partial charge in [-0.1, -0.05) is 0 Å². The van der Waals surface area contributed by atoms with Crippen LogP contribution in [0.4, 0.5) is 22.0 Å². The summed E-state index contributed by atoms with van der Waals surface area (Å²) in [6, 6.07) is 7.45. The molecule has 9 nitrogen and oxygen atoms in total. The zero-order valence-electron chi connectivity index (χ0n) is 22.1. The van der Waals surface area contributed by atoms with Gasteiger partial charge < -0.3 is 15.2 Å². The molecular formula is C27H28F5N7O2. The number of imidazole rings is 1. The highest BCUT2D eigenvalue weighted by atomic mass is 19.4. The number of nitrogens with zero attached hydrogens (tertiary/aromatic N) is 5. The van der Waals surface area contributed by atoms with Gasteiger partial charge in [0.05, 0.1) is 29.5 Å². The van der Waals surface area contributed by atoms with Crippen molar-refractivity contribution in [2.24, 2.45) is 24.8 Å². The summed E-state index contributed by atoms with van der Waals surface area (Å²) in [5, 5.41) is 18.9. The van der Waals surface area contributed by atoms with Gasteiger partial charge >= 0.3 is 6.18 Å². The van der Waals surface area contributed by atoms with E-state index in [9.17, 15) is 36.8 Å². The third-order valence-electron chi connectivity index (χ3n) is 8.08. The first kappa shape index (κ1) is 28.5. The average molecular weight is 578 g/mol. The summed E-state index contributed by atoms with van der Waals surface area (Å²) < 4.78 is 70.5. The van der Waals surface area contributed by atoms with Crippen molar-refractivity contribution in [2.45, 2.75) is 56.7 Å². The minimum Gasteiger partial charge on any atom is -0.355 e. The van der Waals surface area contributed by atoms with Crippen LogP contribution in [0.15, 0.2) is 30.5 Å². The molecule has 2 N–H and O–H groups in total. The standard InChI is InChI=1S/C27H28F5N7O2/c1-38-19(12-33)3-4-21(38)25(41)36-23(15-6-8-26(28,29)9-7-15)20-14-39-22(35-20)5-2-18(37-39)11-16-10-17(27(30,31)32)13-34-24(16)40/h2-5,14-17,23H,6-11,13H2,1H3,(H,34,40)(H,36,41)/t16?,17-,23?/m1/s1. The van der Waals surface area contributed by atoms with E-state index in [0.717, 1.165) is 0 Å². The summed E-state index contributed by atoms with van der Waals surface area (Å²) in [6.07, 6.45) is -3.56. The molecule has 1 saturated carbocycles. The molecule has 3 atom stereocenters. The summed E-state index contributed by atoms with van der Waals surface area (Å²) in [7, 11) is 1.57. The van der Waals surface area contributed by atoms with E-state index >= 15 is 0 Å². The molecular weight excluding hydrogens is 549 g/mol. The zero-order valence-corrected chi connectivity index (χ0v) is 22.1. The molecule has 1 aliphatic heterocycles. The topological polar surface area (TPSA) is 117 Å². The second-order valence-corrected chi connectivity index (χ2v) is 10.8. The van der Waals surface area contributed by atoms with E-state index in [1.807, 2.05) is 6.07 Å². The van der Waals surface area contributed by atoms with Crippen LogP contribution >= 0.6 is 0 Å². The third kappa shape index (κ3) is 6.03. The molecule has 5 rings (SSSR count). The summed E-state index contributed by atoms with van der Waals surface area (Å²) in [5.41, 5.74) is 1.66. The highest BCUT2D eigenvalue weighted by Gasteiger charge is 2.45. The van der Waals surface area contributed by atoms with Crippen molar-refractivity contribution in [1.29, 1.82) is 5.26 Å². The predicted molar refractivity (Wildman–Crippen MR) is 135 cm³/mol. The normalized spacial score (nSPS) is 22.2. The Bertz CT molecular complexity index is 1500. The summed E-state index contributed by atoms with van der Waals surface area (Å²) in [6.45, 7) is -0.447. The molecule has 2 aliphatic rings. The second kappa shape index (κ2) is 10.8. The largest absolute Gasteiger partial charge is 0.393 e. The van der Waals surface area contributed by atoms with Gasteiger partial charge in [0.1, 0.15) is 17.5 Å². The molecule has 2 amide bonds. The van der Waals surface area contributed by atoms with Gasteiger partial charge in [0.25, 0.3) is 5.91 Å². The predicted octanol–water partition coefficient (Wildman–Crippen LogP) is 4.09. The number of aromatic nitrogens is 4. The lowest BCUT2D eigenvalue weighted by Gasteiger charge is -2.33. The van der Waals surface area contributed by atoms with Crippen molar-refractivity contribution in [3.05, 3.63) is 53.2 Å². The Morgan fingerprint density at radius 1 is 1.24 bits per heavy atom. The molecule has 0 bridgehead atoms. The van der Waals surface area contributed by atoms with Crippen LogP contribution in [0.1, 0.15) is 65.7 Å². The van der Waals surface area contributed by atoms with E-state index < -0.39 is 48.3 Å². The van der Waals surface area contributed by atoms with Crippen LogP contribution in [-0.4, -0.2) is 49.6 Å². The maximum absolute atomic E-state index is 13.9. The van der Waals surface area contributed by atoms with Gasteiger partial charge in [-0.2, -0.15) is 23.5 Å². The van der Waals surface area contributed by atoms with Crippen molar-refractivity contribution in [3.8, 4) is 6.07 Å². The number of amides is 2. The molecule has 1 saturated heterocycles. The number of halogens is 5. The van der Waals surface area contributed by atoms with Crippen LogP contribution in [0.25, 0.3) is 5.65 Å².